The Morgan fingerprint density at radius 2 is 2.04 bits per heavy atom. The summed E-state index contributed by atoms with van der Waals surface area (Å²) in [4.78, 5) is 11.5. The van der Waals surface area contributed by atoms with Gasteiger partial charge in [0.05, 0.1) is 12.0 Å². The lowest BCUT2D eigenvalue weighted by atomic mass is 9.86. The number of hydrogen-bond donors (Lipinski definition) is 2. The van der Waals surface area contributed by atoms with Crippen LogP contribution in [-0.2, 0) is 0 Å². The van der Waals surface area contributed by atoms with E-state index in [2.05, 4.69) is 44.0 Å². The predicted octanol–water partition coefficient (Wildman–Crippen LogP) is 4.26. The second kappa shape index (κ2) is 7.82. The first kappa shape index (κ1) is 18.2. The fourth-order valence-corrected chi connectivity index (χ4v) is 4.40. The highest BCUT2D eigenvalue weighted by molar-refractivity contribution is 7.10. The normalized spacial score (nSPS) is 20.3. The number of nitrogens with zero attached hydrogens (tertiary/aromatic N) is 4. The zero-order valence-corrected chi connectivity index (χ0v) is 16.8. The molecule has 0 unspecified atom stereocenters. The Kier molecular flexibility index (Phi) is 5.27. The van der Waals surface area contributed by atoms with Crippen molar-refractivity contribution in [2.24, 2.45) is 5.92 Å². The molecule has 0 spiro atoms. The first-order valence-electron chi connectivity index (χ1n) is 9.43. The van der Waals surface area contributed by atoms with Crippen LogP contribution in [0.25, 0.3) is 11.1 Å². The highest BCUT2D eigenvalue weighted by atomic mass is 32.1. The van der Waals surface area contributed by atoms with E-state index in [1.54, 1.807) is 6.26 Å². The SMILES string of the molecule is Cc1cc(Nc2nc(NC3CCC(CN(C)C)CC3)c3occc3n2)sn1. The van der Waals surface area contributed by atoms with Crippen LogP contribution in [0, 0.1) is 12.8 Å². The fourth-order valence-electron chi connectivity index (χ4n) is 3.75. The minimum Gasteiger partial charge on any atom is -0.459 e. The molecule has 4 rings (SSSR count). The van der Waals surface area contributed by atoms with Crippen molar-refractivity contribution in [3.8, 4) is 0 Å². The lowest BCUT2D eigenvalue weighted by Gasteiger charge is -2.30. The molecule has 0 bridgehead atoms. The van der Waals surface area contributed by atoms with Gasteiger partial charge in [0.15, 0.2) is 11.4 Å². The second-order valence-electron chi connectivity index (χ2n) is 7.61. The Hall–Kier alpha value is -2.19. The van der Waals surface area contributed by atoms with Gasteiger partial charge in [-0.3, -0.25) is 0 Å². The summed E-state index contributed by atoms with van der Waals surface area (Å²) in [6.07, 6.45) is 6.46. The Bertz CT molecular complexity index is 897. The molecule has 8 heteroatoms. The summed E-state index contributed by atoms with van der Waals surface area (Å²) < 4.78 is 9.94. The molecule has 0 saturated heterocycles. The molecule has 1 aliphatic carbocycles. The van der Waals surface area contributed by atoms with Gasteiger partial charge in [-0.05, 0) is 70.2 Å². The van der Waals surface area contributed by atoms with Crippen molar-refractivity contribution < 1.29 is 4.42 Å². The highest BCUT2D eigenvalue weighted by Gasteiger charge is 2.23. The second-order valence-corrected chi connectivity index (χ2v) is 8.42. The van der Waals surface area contributed by atoms with Gasteiger partial charge in [-0.1, -0.05) is 0 Å². The van der Waals surface area contributed by atoms with Gasteiger partial charge in [-0.25, -0.2) is 4.98 Å². The molecule has 0 aliphatic heterocycles. The van der Waals surface area contributed by atoms with Crippen molar-refractivity contribution in [2.45, 2.75) is 38.6 Å². The maximum absolute atomic E-state index is 5.64. The summed E-state index contributed by atoms with van der Waals surface area (Å²) in [6, 6.07) is 4.29. The number of anilines is 3. The monoisotopic (exact) mass is 386 g/mol. The Morgan fingerprint density at radius 1 is 1.22 bits per heavy atom. The van der Waals surface area contributed by atoms with E-state index in [-0.39, 0.29) is 0 Å². The van der Waals surface area contributed by atoms with Crippen molar-refractivity contribution in [2.75, 3.05) is 31.3 Å². The van der Waals surface area contributed by atoms with E-state index in [1.165, 1.54) is 30.9 Å². The molecular formula is C19H26N6OS. The van der Waals surface area contributed by atoms with Gasteiger partial charge in [0, 0.05) is 18.7 Å². The van der Waals surface area contributed by atoms with Crippen molar-refractivity contribution >= 4 is 39.4 Å². The van der Waals surface area contributed by atoms with Gasteiger partial charge < -0.3 is 20.0 Å². The van der Waals surface area contributed by atoms with E-state index in [9.17, 15) is 0 Å². The standard InChI is InChI=1S/C19H26N6OS/c1-12-10-16(27-24-12)22-19-21-15-8-9-26-17(15)18(23-19)20-14-6-4-13(5-7-14)11-25(2)3/h8-10,13-14H,4-7,11H2,1-3H3,(H2,20,21,22,23). The molecule has 2 N–H and O–H groups in total. The number of rotatable bonds is 6. The lowest BCUT2D eigenvalue weighted by molar-refractivity contribution is 0.255. The first-order chi connectivity index (χ1) is 13.1. The molecule has 1 fully saturated rings. The van der Waals surface area contributed by atoms with E-state index in [0.717, 1.165) is 46.4 Å². The summed E-state index contributed by atoms with van der Waals surface area (Å²) in [5, 5.41) is 7.80. The Labute approximate surface area is 163 Å². The van der Waals surface area contributed by atoms with Crippen LogP contribution in [0.5, 0.6) is 0 Å². The van der Waals surface area contributed by atoms with E-state index >= 15 is 0 Å². The third kappa shape index (κ3) is 4.39. The summed E-state index contributed by atoms with van der Waals surface area (Å²) >= 11 is 1.41. The van der Waals surface area contributed by atoms with E-state index < -0.39 is 0 Å². The lowest BCUT2D eigenvalue weighted by Crippen LogP contribution is -2.31. The summed E-state index contributed by atoms with van der Waals surface area (Å²) in [7, 11) is 4.30. The van der Waals surface area contributed by atoms with Crippen molar-refractivity contribution in [1.82, 2.24) is 19.2 Å². The third-order valence-electron chi connectivity index (χ3n) is 4.98. The maximum Gasteiger partial charge on any atom is 0.230 e. The molecule has 0 atom stereocenters. The largest absolute Gasteiger partial charge is 0.459 e. The van der Waals surface area contributed by atoms with E-state index in [4.69, 9.17) is 4.42 Å². The molecule has 0 radical (unpaired) electrons. The Balaban J connectivity index is 1.48. The number of aryl methyl sites for hydroxylation is 1. The smallest absolute Gasteiger partial charge is 0.230 e. The topological polar surface area (TPSA) is 79.1 Å². The molecule has 3 aromatic rings. The van der Waals surface area contributed by atoms with Crippen LogP contribution in [0.15, 0.2) is 22.8 Å². The fraction of sp³-hybridized carbons (Fsp3) is 0.526. The third-order valence-corrected chi connectivity index (χ3v) is 5.77. The molecule has 3 heterocycles. The molecule has 0 aromatic carbocycles. The molecule has 1 saturated carbocycles. The van der Waals surface area contributed by atoms with Gasteiger partial charge in [0.25, 0.3) is 0 Å². The van der Waals surface area contributed by atoms with Gasteiger partial charge in [0.2, 0.25) is 5.95 Å². The summed E-state index contributed by atoms with van der Waals surface area (Å²) in [5.74, 6) is 2.13. The van der Waals surface area contributed by atoms with Crippen LogP contribution in [0.3, 0.4) is 0 Å². The maximum atomic E-state index is 5.64. The summed E-state index contributed by atoms with van der Waals surface area (Å²) in [5.41, 5.74) is 2.51. The molecule has 0 amide bonds. The van der Waals surface area contributed by atoms with Crippen LogP contribution in [-0.4, -0.2) is 45.9 Å². The Morgan fingerprint density at radius 3 is 2.74 bits per heavy atom. The van der Waals surface area contributed by atoms with Crippen molar-refractivity contribution in [3.63, 3.8) is 0 Å². The average Bonchev–Trinajstić information content (AvgIpc) is 3.25. The van der Waals surface area contributed by atoms with Crippen LogP contribution in [0.2, 0.25) is 0 Å². The van der Waals surface area contributed by atoms with Gasteiger partial charge in [0.1, 0.15) is 10.5 Å². The van der Waals surface area contributed by atoms with Gasteiger partial charge in [-0.15, -0.1) is 0 Å². The van der Waals surface area contributed by atoms with Gasteiger partial charge in [-0.2, -0.15) is 9.36 Å². The van der Waals surface area contributed by atoms with Crippen LogP contribution in [0.1, 0.15) is 31.4 Å². The number of nitrogens with one attached hydrogen (secondary N) is 2. The zero-order valence-electron chi connectivity index (χ0n) is 16.0. The molecule has 27 heavy (non-hydrogen) atoms. The number of aromatic nitrogens is 3. The minimum atomic E-state index is 0.421. The molecular weight excluding hydrogens is 360 g/mol. The zero-order chi connectivity index (χ0) is 18.8. The minimum absolute atomic E-state index is 0.421. The first-order valence-corrected chi connectivity index (χ1v) is 10.2. The average molecular weight is 387 g/mol. The molecule has 3 aromatic heterocycles. The molecule has 7 nitrogen and oxygen atoms in total. The predicted molar refractivity (Wildman–Crippen MR) is 110 cm³/mol. The number of furan rings is 1. The van der Waals surface area contributed by atoms with Crippen LogP contribution in [0.4, 0.5) is 16.8 Å². The van der Waals surface area contributed by atoms with Crippen molar-refractivity contribution in [3.05, 3.63) is 24.1 Å². The van der Waals surface area contributed by atoms with E-state index in [1.807, 2.05) is 19.1 Å². The van der Waals surface area contributed by atoms with Gasteiger partial charge >= 0.3 is 0 Å². The van der Waals surface area contributed by atoms with Crippen LogP contribution >= 0.6 is 11.5 Å². The van der Waals surface area contributed by atoms with E-state index in [0.29, 0.717) is 12.0 Å². The van der Waals surface area contributed by atoms with Crippen LogP contribution < -0.4 is 10.6 Å². The van der Waals surface area contributed by atoms with Crippen molar-refractivity contribution in [1.29, 1.82) is 0 Å². The number of fused-ring (bicyclic) bond motifs is 1. The molecule has 144 valence electrons. The number of hydrogen-bond acceptors (Lipinski definition) is 8. The quantitative estimate of drug-likeness (QED) is 0.655. The highest BCUT2D eigenvalue weighted by Crippen LogP contribution is 2.30. The molecule has 1 aliphatic rings. The summed E-state index contributed by atoms with van der Waals surface area (Å²) in [6.45, 7) is 3.15.